The third-order valence-corrected chi connectivity index (χ3v) is 5.37. The predicted octanol–water partition coefficient (Wildman–Crippen LogP) is 7.19. The van der Waals surface area contributed by atoms with E-state index in [0.717, 1.165) is 6.07 Å². The molecule has 0 spiro atoms. The minimum absolute atomic E-state index is 0.0534. The zero-order chi connectivity index (χ0) is 24.9. The fraction of sp³-hybridized carbons (Fsp3) is 0.350. The Kier molecular flexibility index (Phi) is 6.40. The first kappa shape index (κ1) is 25.2. The number of aliphatic hydroxyl groups is 1. The van der Waals surface area contributed by atoms with E-state index in [-0.39, 0.29) is 16.8 Å². The third kappa shape index (κ3) is 5.21. The van der Waals surface area contributed by atoms with E-state index >= 15 is 0 Å². The lowest BCUT2D eigenvalue weighted by molar-refractivity contribution is -0.143. The smallest absolute Gasteiger partial charge is 0.387 e. The van der Waals surface area contributed by atoms with Gasteiger partial charge in [-0.25, -0.2) is 0 Å². The molecule has 3 nitrogen and oxygen atoms in total. The van der Waals surface area contributed by atoms with Gasteiger partial charge in [0.2, 0.25) is 0 Å². The van der Waals surface area contributed by atoms with E-state index in [1.807, 2.05) is 0 Å². The number of benzene rings is 2. The van der Waals surface area contributed by atoms with E-state index in [4.69, 9.17) is 16.4 Å². The van der Waals surface area contributed by atoms with Crippen molar-refractivity contribution >= 4 is 17.3 Å². The predicted molar refractivity (Wildman–Crippen MR) is 98.3 cm³/mol. The molecule has 0 fully saturated rings. The van der Waals surface area contributed by atoms with E-state index in [1.54, 1.807) is 0 Å². The number of rotatable bonds is 3. The fourth-order valence-corrected chi connectivity index (χ4v) is 3.55. The molecule has 3 rings (SSSR count). The van der Waals surface area contributed by atoms with Gasteiger partial charge in [0, 0.05) is 16.5 Å². The lowest BCUT2D eigenvalue weighted by Gasteiger charge is -2.21. The molecule has 1 heterocycles. The number of halogens is 10. The Balaban J connectivity index is 1.97. The van der Waals surface area contributed by atoms with Gasteiger partial charge in [0.15, 0.2) is 6.10 Å². The van der Waals surface area contributed by atoms with Crippen LogP contribution in [0.4, 0.5) is 39.5 Å². The molecule has 33 heavy (non-hydrogen) atoms. The standard InChI is InChI=1S/C20H13ClF9NO2/c1-8-15(16(32)13-7-10(18(22,23)24)2-3-14(13)21)31-33-17(8)9-4-11(19(25,26)27)6-12(5-9)20(28,29)30/h2-8,16-17,32H,1H3. The van der Waals surface area contributed by atoms with Crippen LogP contribution in [0.25, 0.3) is 0 Å². The van der Waals surface area contributed by atoms with Gasteiger partial charge in [-0.2, -0.15) is 39.5 Å². The molecule has 2 aromatic rings. The summed E-state index contributed by atoms with van der Waals surface area (Å²) in [6.07, 6.45) is -18.3. The van der Waals surface area contributed by atoms with Gasteiger partial charge in [0.05, 0.1) is 22.4 Å². The number of aliphatic hydroxyl groups excluding tert-OH is 1. The number of nitrogens with zero attached hydrogens (tertiary/aromatic N) is 1. The van der Waals surface area contributed by atoms with Crippen LogP contribution in [0.1, 0.15) is 46.9 Å². The molecule has 0 amide bonds. The van der Waals surface area contributed by atoms with E-state index in [1.165, 1.54) is 6.92 Å². The summed E-state index contributed by atoms with van der Waals surface area (Å²) in [5.41, 5.74) is -5.51. The highest BCUT2D eigenvalue weighted by molar-refractivity contribution is 6.31. The van der Waals surface area contributed by atoms with Crippen molar-refractivity contribution in [3.8, 4) is 0 Å². The molecular weight excluding hydrogens is 493 g/mol. The maximum atomic E-state index is 13.1. The summed E-state index contributed by atoms with van der Waals surface area (Å²) < 4.78 is 118. The molecule has 2 aromatic carbocycles. The first-order valence-electron chi connectivity index (χ1n) is 9.08. The van der Waals surface area contributed by atoms with E-state index < -0.39 is 64.5 Å². The minimum atomic E-state index is -5.09. The van der Waals surface area contributed by atoms with E-state index in [0.29, 0.717) is 24.3 Å². The zero-order valence-electron chi connectivity index (χ0n) is 16.3. The van der Waals surface area contributed by atoms with Gasteiger partial charge in [-0.15, -0.1) is 0 Å². The van der Waals surface area contributed by atoms with Crippen molar-refractivity contribution < 1.29 is 49.5 Å². The van der Waals surface area contributed by atoms with Crippen LogP contribution in [0.5, 0.6) is 0 Å². The quantitative estimate of drug-likeness (QED) is 0.448. The zero-order valence-corrected chi connectivity index (χ0v) is 17.0. The molecule has 0 radical (unpaired) electrons. The van der Waals surface area contributed by atoms with Gasteiger partial charge in [-0.1, -0.05) is 23.7 Å². The summed E-state index contributed by atoms with van der Waals surface area (Å²) in [5, 5.41) is 13.8. The maximum absolute atomic E-state index is 13.1. The lowest BCUT2D eigenvalue weighted by atomic mass is 9.87. The first-order chi connectivity index (χ1) is 15.0. The van der Waals surface area contributed by atoms with Crippen LogP contribution in [0.2, 0.25) is 5.02 Å². The third-order valence-electron chi connectivity index (χ3n) is 5.03. The van der Waals surface area contributed by atoms with Gasteiger partial charge < -0.3 is 9.94 Å². The van der Waals surface area contributed by atoms with Gasteiger partial charge >= 0.3 is 18.5 Å². The van der Waals surface area contributed by atoms with Crippen molar-refractivity contribution in [2.45, 2.75) is 37.7 Å². The molecule has 180 valence electrons. The van der Waals surface area contributed by atoms with Gasteiger partial charge in [-0.05, 0) is 42.0 Å². The lowest BCUT2D eigenvalue weighted by Crippen LogP contribution is -2.22. The van der Waals surface area contributed by atoms with Crippen LogP contribution in [-0.4, -0.2) is 10.8 Å². The highest BCUT2D eigenvalue weighted by Gasteiger charge is 2.42. The summed E-state index contributed by atoms with van der Waals surface area (Å²) in [4.78, 5) is 5.01. The molecule has 0 saturated carbocycles. The molecule has 0 saturated heterocycles. The topological polar surface area (TPSA) is 41.8 Å². The normalized spacial score (nSPS) is 20.4. The molecule has 13 heteroatoms. The van der Waals surface area contributed by atoms with E-state index in [9.17, 15) is 44.6 Å². The molecule has 0 aromatic heterocycles. The van der Waals surface area contributed by atoms with Crippen molar-refractivity contribution in [2.75, 3.05) is 0 Å². The molecule has 1 aliphatic heterocycles. The Morgan fingerprint density at radius 1 is 0.848 bits per heavy atom. The Labute approximate surface area is 185 Å². The first-order valence-corrected chi connectivity index (χ1v) is 9.45. The van der Waals surface area contributed by atoms with Crippen LogP contribution < -0.4 is 0 Å². The maximum Gasteiger partial charge on any atom is 0.416 e. The molecule has 3 atom stereocenters. The van der Waals surface area contributed by atoms with Crippen LogP contribution in [0, 0.1) is 5.92 Å². The highest BCUT2D eigenvalue weighted by atomic mass is 35.5. The minimum Gasteiger partial charge on any atom is -0.387 e. The molecule has 1 aliphatic rings. The summed E-state index contributed by atoms with van der Waals surface area (Å²) in [7, 11) is 0. The van der Waals surface area contributed by atoms with E-state index in [2.05, 4.69) is 5.16 Å². The summed E-state index contributed by atoms with van der Waals surface area (Å²) in [6.45, 7) is 1.29. The molecule has 3 unspecified atom stereocenters. The second-order valence-corrected chi connectivity index (χ2v) is 7.71. The number of alkyl halides is 9. The van der Waals surface area contributed by atoms with Crippen LogP contribution in [0.3, 0.4) is 0 Å². The largest absolute Gasteiger partial charge is 0.416 e. The Morgan fingerprint density at radius 2 is 1.36 bits per heavy atom. The summed E-state index contributed by atoms with van der Waals surface area (Å²) >= 11 is 5.89. The Hall–Kier alpha value is -2.47. The second kappa shape index (κ2) is 8.39. The van der Waals surface area contributed by atoms with Crippen molar-refractivity contribution in [1.29, 1.82) is 0 Å². The average molecular weight is 506 g/mol. The van der Waals surface area contributed by atoms with Crippen molar-refractivity contribution in [3.05, 3.63) is 69.2 Å². The monoisotopic (exact) mass is 505 g/mol. The van der Waals surface area contributed by atoms with Crippen LogP contribution in [-0.2, 0) is 23.4 Å². The Morgan fingerprint density at radius 3 is 1.85 bits per heavy atom. The van der Waals surface area contributed by atoms with Gasteiger partial charge in [0.1, 0.15) is 6.10 Å². The molecular formula is C20H13ClF9NO2. The average Bonchev–Trinajstić information content (AvgIpc) is 3.06. The van der Waals surface area contributed by atoms with Gasteiger partial charge in [0.25, 0.3) is 0 Å². The molecule has 1 N–H and O–H groups in total. The highest BCUT2D eigenvalue weighted by Crippen LogP contribution is 2.43. The second-order valence-electron chi connectivity index (χ2n) is 7.31. The Bertz CT molecular complexity index is 1040. The van der Waals surface area contributed by atoms with Crippen molar-refractivity contribution in [3.63, 3.8) is 0 Å². The van der Waals surface area contributed by atoms with Gasteiger partial charge in [-0.3, -0.25) is 0 Å². The van der Waals surface area contributed by atoms with Crippen LogP contribution >= 0.6 is 11.6 Å². The number of hydrogen-bond acceptors (Lipinski definition) is 3. The molecule has 0 aliphatic carbocycles. The van der Waals surface area contributed by atoms with Crippen molar-refractivity contribution in [2.24, 2.45) is 11.1 Å². The fourth-order valence-electron chi connectivity index (χ4n) is 3.33. The number of hydrogen-bond donors (Lipinski definition) is 1. The van der Waals surface area contributed by atoms with Crippen LogP contribution in [0.15, 0.2) is 41.6 Å². The molecule has 0 bridgehead atoms. The SMILES string of the molecule is CC1C(C(O)c2cc(C(F)(F)F)ccc2Cl)=NOC1c1cc(C(F)(F)F)cc(C(F)(F)F)c1. The summed E-state index contributed by atoms with van der Waals surface area (Å²) in [5.74, 6) is -1.10. The van der Waals surface area contributed by atoms with Crippen molar-refractivity contribution in [1.82, 2.24) is 0 Å². The summed E-state index contributed by atoms with van der Waals surface area (Å²) in [6, 6.07) is 3.00. The number of oxime groups is 1.